The van der Waals surface area contributed by atoms with Crippen LogP contribution in [0.3, 0.4) is 0 Å². The van der Waals surface area contributed by atoms with Gasteiger partial charge in [-0.15, -0.1) is 0 Å². The number of carbonyl (C=O) groups excluding carboxylic acids is 4. The molecular weight excluding hydrogens is 472 g/mol. The van der Waals surface area contributed by atoms with Crippen molar-refractivity contribution in [1.82, 2.24) is 10.2 Å². The number of amides is 4. The minimum Gasteiger partial charge on any atom is -0.444 e. The van der Waals surface area contributed by atoms with Crippen molar-refractivity contribution >= 4 is 29.5 Å². The van der Waals surface area contributed by atoms with E-state index in [0.717, 1.165) is 21.6 Å². The summed E-state index contributed by atoms with van der Waals surface area (Å²) in [6.07, 6.45) is 4.30. The molecule has 0 saturated heterocycles. The summed E-state index contributed by atoms with van der Waals surface area (Å²) in [4.78, 5) is 52.4. The van der Waals surface area contributed by atoms with Crippen LogP contribution in [0.25, 0.3) is 0 Å². The van der Waals surface area contributed by atoms with Gasteiger partial charge in [0, 0.05) is 11.7 Å². The molecule has 2 aromatic rings. The Bertz CT molecular complexity index is 1230. The van der Waals surface area contributed by atoms with Gasteiger partial charge in [0.1, 0.15) is 17.7 Å². The fourth-order valence-electron chi connectivity index (χ4n) is 3.65. The van der Waals surface area contributed by atoms with Crippen molar-refractivity contribution in [2.45, 2.75) is 65.6 Å². The average Bonchev–Trinajstić information content (AvgIpc) is 2.78. The van der Waals surface area contributed by atoms with Crippen LogP contribution in [-0.4, -0.2) is 40.4 Å². The third kappa shape index (κ3) is 8.10. The van der Waals surface area contributed by atoms with Crippen molar-refractivity contribution in [1.29, 1.82) is 0 Å². The molecule has 0 radical (unpaired) electrons. The van der Waals surface area contributed by atoms with Gasteiger partial charge in [-0.05, 0) is 64.3 Å². The number of para-hydroxylation sites is 1. The van der Waals surface area contributed by atoms with Crippen molar-refractivity contribution in [3.05, 3.63) is 64.7 Å². The second kappa shape index (κ2) is 12.1. The third-order valence-corrected chi connectivity index (χ3v) is 5.41. The molecule has 2 aromatic carbocycles. The van der Waals surface area contributed by atoms with Gasteiger partial charge >= 0.3 is 6.09 Å². The van der Waals surface area contributed by atoms with E-state index in [4.69, 9.17) is 16.9 Å². The zero-order valence-electron chi connectivity index (χ0n) is 22.0. The largest absolute Gasteiger partial charge is 0.444 e. The maximum atomic E-state index is 13.7. The Kier molecular flexibility index (Phi) is 9.44. The molecule has 0 saturated carbocycles. The third-order valence-electron chi connectivity index (χ3n) is 5.41. The molecule has 37 heavy (non-hydrogen) atoms. The highest BCUT2D eigenvalue weighted by atomic mass is 16.6. The van der Waals surface area contributed by atoms with Crippen LogP contribution < -0.4 is 16.4 Å². The van der Waals surface area contributed by atoms with E-state index in [0.29, 0.717) is 11.3 Å². The Morgan fingerprint density at radius 2 is 1.70 bits per heavy atom. The lowest BCUT2D eigenvalue weighted by molar-refractivity contribution is -0.138. The maximum absolute atomic E-state index is 13.7. The maximum Gasteiger partial charge on any atom is 0.408 e. The monoisotopic (exact) mass is 506 g/mol. The Balaban J connectivity index is 2.54. The highest BCUT2D eigenvalue weighted by Gasteiger charge is 2.37. The minimum absolute atomic E-state index is 0.493. The Labute approximate surface area is 217 Å². The van der Waals surface area contributed by atoms with Gasteiger partial charge in [-0.1, -0.05) is 48.4 Å². The quantitative estimate of drug-likeness (QED) is 0.373. The lowest BCUT2D eigenvalue weighted by Crippen LogP contribution is -2.52. The molecule has 0 aliphatic rings. The molecular formula is C28H34N4O5. The van der Waals surface area contributed by atoms with E-state index >= 15 is 0 Å². The molecule has 4 N–H and O–H groups in total. The van der Waals surface area contributed by atoms with Crippen LogP contribution in [0.5, 0.6) is 0 Å². The van der Waals surface area contributed by atoms with Gasteiger partial charge in [0.15, 0.2) is 0 Å². The second-order valence-corrected chi connectivity index (χ2v) is 9.77. The van der Waals surface area contributed by atoms with Crippen LogP contribution in [0.2, 0.25) is 0 Å². The molecule has 0 fully saturated rings. The highest BCUT2D eigenvalue weighted by Crippen LogP contribution is 2.28. The molecule has 2 rings (SSSR count). The molecule has 2 unspecified atom stereocenters. The van der Waals surface area contributed by atoms with Crippen LogP contribution in [-0.2, 0) is 19.1 Å². The molecule has 0 spiro atoms. The van der Waals surface area contributed by atoms with E-state index in [1.807, 2.05) is 38.1 Å². The van der Waals surface area contributed by atoms with Crippen LogP contribution in [0.15, 0.2) is 42.5 Å². The normalized spacial score (nSPS) is 12.5. The summed E-state index contributed by atoms with van der Waals surface area (Å²) in [5.41, 5.74) is 7.92. The number of hydrogen-bond donors (Lipinski definition) is 3. The molecule has 9 heteroatoms. The zero-order chi connectivity index (χ0) is 27.9. The Morgan fingerprint density at radius 3 is 2.27 bits per heavy atom. The molecule has 0 aliphatic heterocycles. The first-order chi connectivity index (χ1) is 17.2. The standard InChI is InChI=1S/C28H34N4O5/c1-8-32(26(35)22(16-23(29)33)31-27(36)37-28(5,6)7)24(20-15-17(2)13-14-18(20)3)25(34)30-21-12-10-9-11-19(21)4/h1,9-15,22,24H,16H2,2-7H3,(H2,29,33)(H,30,34)(H,31,36). The number of nitrogens with zero attached hydrogens (tertiary/aromatic N) is 1. The summed E-state index contributed by atoms with van der Waals surface area (Å²) in [6.45, 7) is 10.4. The van der Waals surface area contributed by atoms with Crippen LogP contribution in [0.1, 0.15) is 55.5 Å². The van der Waals surface area contributed by atoms with E-state index in [-0.39, 0.29) is 0 Å². The second-order valence-electron chi connectivity index (χ2n) is 9.77. The first-order valence-corrected chi connectivity index (χ1v) is 11.7. The Morgan fingerprint density at radius 1 is 1.05 bits per heavy atom. The number of benzene rings is 2. The van der Waals surface area contributed by atoms with Gasteiger partial charge in [-0.25, -0.2) is 4.79 Å². The number of anilines is 1. The van der Waals surface area contributed by atoms with Crippen LogP contribution >= 0.6 is 0 Å². The van der Waals surface area contributed by atoms with Gasteiger partial charge in [-0.3, -0.25) is 19.3 Å². The fraction of sp³-hybridized carbons (Fsp3) is 0.357. The van der Waals surface area contributed by atoms with E-state index in [2.05, 4.69) is 16.7 Å². The first-order valence-electron chi connectivity index (χ1n) is 11.7. The number of nitrogens with two attached hydrogens (primary N) is 1. The van der Waals surface area contributed by atoms with E-state index in [1.165, 1.54) is 0 Å². The smallest absolute Gasteiger partial charge is 0.408 e. The molecule has 9 nitrogen and oxygen atoms in total. The fourth-order valence-corrected chi connectivity index (χ4v) is 3.65. The van der Waals surface area contributed by atoms with Crippen molar-refractivity contribution in [3.63, 3.8) is 0 Å². The number of ether oxygens (including phenoxy) is 1. The molecule has 4 amide bonds. The van der Waals surface area contributed by atoms with Crippen LogP contribution in [0, 0.1) is 33.2 Å². The number of alkyl carbamates (subject to hydrolysis) is 1. The molecule has 0 heterocycles. The number of rotatable bonds is 8. The molecule has 0 bridgehead atoms. The summed E-state index contributed by atoms with van der Waals surface area (Å²) >= 11 is 0. The number of terminal acetylenes is 1. The van der Waals surface area contributed by atoms with Gasteiger partial charge in [-0.2, -0.15) is 0 Å². The highest BCUT2D eigenvalue weighted by molar-refractivity contribution is 6.01. The molecule has 2 atom stereocenters. The minimum atomic E-state index is -1.46. The first kappa shape index (κ1) is 28.9. The summed E-state index contributed by atoms with van der Waals surface area (Å²) < 4.78 is 5.23. The van der Waals surface area contributed by atoms with E-state index < -0.39 is 47.9 Å². The summed E-state index contributed by atoms with van der Waals surface area (Å²) in [5.74, 6) is -2.28. The summed E-state index contributed by atoms with van der Waals surface area (Å²) in [6, 6.07) is 12.2. The van der Waals surface area contributed by atoms with Gasteiger partial charge < -0.3 is 21.1 Å². The average molecular weight is 507 g/mol. The number of carbonyl (C=O) groups is 4. The summed E-state index contributed by atoms with van der Waals surface area (Å²) in [7, 11) is 0. The topological polar surface area (TPSA) is 131 Å². The van der Waals surface area contributed by atoms with Crippen molar-refractivity contribution in [3.8, 4) is 12.5 Å². The SMILES string of the molecule is C#CN(C(=O)C(CC(N)=O)NC(=O)OC(C)(C)C)C(C(=O)Nc1ccccc1C)c1cc(C)ccc1C. The van der Waals surface area contributed by atoms with E-state index in [9.17, 15) is 19.2 Å². The molecule has 196 valence electrons. The lowest BCUT2D eigenvalue weighted by Gasteiger charge is -2.31. The van der Waals surface area contributed by atoms with Gasteiger partial charge in [0.05, 0.1) is 6.42 Å². The van der Waals surface area contributed by atoms with Crippen molar-refractivity contribution < 1.29 is 23.9 Å². The number of aryl methyl sites for hydroxylation is 3. The number of nitrogens with one attached hydrogen (secondary N) is 2. The van der Waals surface area contributed by atoms with E-state index in [1.54, 1.807) is 45.9 Å². The molecule has 0 aromatic heterocycles. The Hall–Kier alpha value is -4.32. The predicted molar refractivity (Wildman–Crippen MR) is 141 cm³/mol. The molecule has 0 aliphatic carbocycles. The predicted octanol–water partition coefficient (Wildman–Crippen LogP) is 3.48. The van der Waals surface area contributed by atoms with Crippen molar-refractivity contribution in [2.24, 2.45) is 5.73 Å². The van der Waals surface area contributed by atoms with Gasteiger partial charge in [0.2, 0.25) is 5.91 Å². The zero-order valence-corrected chi connectivity index (χ0v) is 22.0. The van der Waals surface area contributed by atoms with Gasteiger partial charge in [0.25, 0.3) is 11.8 Å². The van der Waals surface area contributed by atoms with Crippen molar-refractivity contribution in [2.75, 3.05) is 5.32 Å². The number of hydrogen-bond acceptors (Lipinski definition) is 5. The summed E-state index contributed by atoms with van der Waals surface area (Å²) in [5, 5.41) is 5.21. The lowest BCUT2D eigenvalue weighted by atomic mass is 9.96. The van der Waals surface area contributed by atoms with Crippen LogP contribution in [0.4, 0.5) is 10.5 Å². The number of primary amides is 1.